The maximum absolute atomic E-state index is 14.0. The fraction of sp³-hybridized carbons (Fsp3) is 0.429. The van der Waals surface area contributed by atoms with Gasteiger partial charge in [-0.05, 0) is 16.5 Å². The molecule has 1 saturated heterocycles. The number of rotatable bonds is 5. The number of allylic oxidation sites excluding steroid dienone is 1. The highest BCUT2D eigenvalue weighted by Gasteiger charge is 2.46. The average molecular weight is 409 g/mol. The number of tetrazole rings is 1. The molecule has 154 valence electrons. The minimum absolute atomic E-state index is 0.00319. The van der Waals surface area contributed by atoms with Gasteiger partial charge < -0.3 is 20.7 Å². The van der Waals surface area contributed by atoms with E-state index in [9.17, 15) is 19.1 Å². The molecule has 0 aromatic carbocycles. The van der Waals surface area contributed by atoms with Crippen LogP contribution in [0, 0.1) is 0 Å². The molecule has 0 unspecified atom stereocenters. The number of aliphatic hydroxyl groups excluding tert-OH is 2. The Balaban J connectivity index is 1.74. The number of fused-ring (bicyclic) bond motifs is 1. The molecule has 15 heteroatoms. The summed E-state index contributed by atoms with van der Waals surface area (Å²) in [4.78, 5) is 31.5. The fourth-order valence-corrected chi connectivity index (χ4v) is 3.09. The Labute approximate surface area is 159 Å². The van der Waals surface area contributed by atoms with E-state index in [0.29, 0.717) is 5.82 Å². The third kappa shape index (κ3) is 3.10. The van der Waals surface area contributed by atoms with Crippen molar-refractivity contribution in [2.45, 2.75) is 31.2 Å². The molecule has 0 bridgehead atoms. The van der Waals surface area contributed by atoms with Crippen LogP contribution < -0.4 is 17.0 Å². The lowest BCUT2D eigenvalue weighted by Crippen LogP contribution is -2.32. The summed E-state index contributed by atoms with van der Waals surface area (Å²) in [6.45, 7) is -0.690. The van der Waals surface area contributed by atoms with Crippen LogP contribution in [0.5, 0.6) is 0 Å². The smallest absolute Gasteiger partial charge is 0.330 e. The van der Waals surface area contributed by atoms with E-state index in [-0.39, 0.29) is 23.7 Å². The highest BCUT2D eigenvalue weighted by molar-refractivity contribution is 5.71. The molecule has 3 aromatic rings. The van der Waals surface area contributed by atoms with Gasteiger partial charge in [0.25, 0.3) is 5.56 Å². The SMILES string of the molecule is Nc1nc2c([nH]c(=O)n2[C@@H]2O[C@H](CO)[C@@H](F)[C@H]2O)c(=O)n1C/C=C/c1nnn[nH]1. The number of aromatic nitrogens is 8. The summed E-state index contributed by atoms with van der Waals surface area (Å²) in [5.41, 5.74) is 3.96. The summed E-state index contributed by atoms with van der Waals surface area (Å²) in [5.74, 6) is 0.135. The first kappa shape index (κ1) is 18.9. The van der Waals surface area contributed by atoms with Crippen LogP contribution in [0.3, 0.4) is 0 Å². The standard InChI is InChI=1S/C14H16FN9O5/c15-7-5(4-25)29-12(9(7)26)24-10-8(17-14(24)28)11(27)23(13(16)18-10)3-1-2-6-19-21-22-20-6/h1-2,5,7,9,12,25-26H,3-4H2,(H2,16,18)(H,17,28)(H,19,20,21,22)/b2-1+/t5-,7-,9-,12-/m1/s1. The van der Waals surface area contributed by atoms with Crippen LogP contribution in [0.15, 0.2) is 15.7 Å². The number of hydrogen-bond acceptors (Lipinski definition) is 10. The van der Waals surface area contributed by atoms with Gasteiger partial charge in [-0.25, -0.2) is 18.9 Å². The lowest BCUT2D eigenvalue weighted by Gasteiger charge is -2.15. The van der Waals surface area contributed by atoms with E-state index in [0.717, 1.165) is 9.13 Å². The molecule has 3 aromatic heterocycles. The zero-order valence-electron chi connectivity index (χ0n) is 14.6. The van der Waals surface area contributed by atoms with Gasteiger partial charge in [0.05, 0.1) is 6.61 Å². The molecule has 14 nitrogen and oxygen atoms in total. The third-order valence-corrected chi connectivity index (χ3v) is 4.51. The molecule has 0 aliphatic carbocycles. The lowest BCUT2D eigenvalue weighted by atomic mass is 10.1. The summed E-state index contributed by atoms with van der Waals surface area (Å²) < 4.78 is 21.2. The van der Waals surface area contributed by atoms with Crippen LogP contribution in [0.4, 0.5) is 10.3 Å². The number of hydrogen-bond donors (Lipinski definition) is 5. The second-order valence-corrected chi connectivity index (χ2v) is 6.26. The van der Waals surface area contributed by atoms with Gasteiger partial charge in [-0.3, -0.25) is 14.3 Å². The van der Waals surface area contributed by atoms with Crippen molar-refractivity contribution in [2.75, 3.05) is 12.3 Å². The molecule has 29 heavy (non-hydrogen) atoms. The summed E-state index contributed by atoms with van der Waals surface area (Å²) >= 11 is 0. The fourth-order valence-electron chi connectivity index (χ4n) is 3.09. The van der Waals surface area contributed by atoms with E-state index in [2.05, 4.69) is 30.6 Å². The molecule has 0 spiro atoms. The van der Waals surface area contributed by atoms with E-state index >= 15 is 0 Å². The van der Waals surface area contributed by atoms with E-state index in [1.807, 2.05) is 0 Å². The van der Waals surface area contributed by atoms with Crippen LogP contribution >= 0.6 is 0 Å². The number of nitrogen functional groups attached to an aromatic ring is 1. The van der Waals surface area contributed by atoms with Crippen LogP contribution in [0.1, 0.15) is 12.1 Å². The van der Waals surface area contributed by atoms with Crippen molar-refractivity contribution in [3.05, 3.63) is 32.7 Å². The average Bonchev–Trinajstić information content (AvgIpc) is 3.39. The minimum Gasteiger partial charge on any atom is -0.394 e. The molecule has 0 saturated carbocycles. The number of aromatic amines is 2. The second kappa shape index (κ2) is 7.19. The number of nitrogens with zero attached hydrogens (tertiary/aromatic N) is 6. The van der Waals surface area contributed by atoms with E-state index < -0.39 is 42.5 Å². The zero-order valence-corrected chi connectivity index (χ0v) is 14.6. The molecular weight excluding hydrogens is 393 g/mol. The van der Waals surface area contributed by atoms with Crippen LogP contribution in [-0.2, 0) is 11.3 Å². The largest absolute Gasteiger partial charge is 0.394 e. The second-order valence-electron chi connectivity index (χ2n) is 6.26. The summed E-state index contributed by atoms with van der Waals surface area (Å²) in [5, 5.41) is 32.2. The summed E-state index contributed by atoms with van der Waals surface area (Å²) in [6.07, 6.45) is -3.40. The normalized spacial score (nSPS) is 24.8. The number of nitrogens with two attached hydrogens (primary N) is 1. The van der Waals surface area contributed by atoms with Crippen molar-refractivity contribution in [3.63, 3.8) is 0 Å². The molecular formula is C14H16FN9O5. The van der Waals surface area contributed by atoms with Crippen molar-refractivity contribution in [1.82, 2.24) is 39.7 Å². The quantitative estimate of drug-likeness (QED) is 0.294. The molecule has 1 fully saturated rings. The maximum Gasteiger partial charge on any atom is 0.330 e. The van der Waals surface area contributed by atoms with E-state index in [1.54, 1.807) is 6.08 Å². The zero-order chi connectivity index (χ0) is 20.7. The minimum atomic E-state index is -1.92. The number of H-pyrrole nitrogens is 2. The topological polar surface area (TPSA) is 203 Å². The molecule has 0 amide bonds. The number of alkyl halides is 1. The predicted octanol–water partition coefficient (Wildman–Crippen LogP) is -2.72. The summed E-state index contributed by atoms with van der Waals surface area (Å²) in [7, 11) is 0. The van der Waals surface area contributed by atoms with Gasteiger partial charge in [0.15, 0.2) is 29.4 Å². The first-order valence-corrected chi connectivity index (χ1v) is 8.41. The Morgan fingerprint density at radius 2 is 2.17 bits per heavy atom. The Bertz CT molecular complexity index is 1170. The van der Waals surface area contributed by atoms with Crippen molar-refractivity contribution in [1.29, 1.82) is 0 Å². The highest BCUT2D eigenvalue weighted by Crippen LogP contribution is 2.31. The van der Waals surface area contributed by atoms with Gasteiger partial charge in [0.2, 0.25) is 5.95 Å². The van der Waals surface area contributed by atoms with Crippen molar-refractivity contribution in [2.24, 2.45) is 0 Å². The molecule has 0 radical (unpaired) electrons. The Kier molecular flexibility index (Phi) is 4.69. The van der Waals surface area contributed by atoms with Crippen molar-refractivity contribution in [3.8, 4) is 0 Å². The first-order valence-electron chi connectivity index (χ1n) is 8.41. The lowest BCUT2D eigenvalue weighted by molar-refractivity contribution is -0.0510. The first-order chi connectivity index (χ1) is 13.9. The molecule has 6 N–H and O–H groups in total. The van der Waals surface area contributed by atoms with Gasteiger partial charge in [-0.15, -0.1) is 5.10 Å². The van der Waals surface area contributed by atoms with Crippen LogP contribution in [-0.4, -0.2) is 74.9 Å². The Hall–Kier alpha value is -3.43. The Morgan fingerprint density at radius 3 is 2.83 bits per heavy atom. The van der Waals surface area contributed by atoms with Crippen molar-refractivity contribution < 1.29 is 19.3 Å². The number of anilines is 1. The number of aliphatic hydroxyl groups is 2. The van der Waals surface area contributed by atoms with Crippen molar-refractivity contribution >= 4 is 23.2 Å². The number of halogens is 1. The molecule has 4 heterocycles. The highest BCUT2D eigenvalue weighted by atomic mass is 19.1. The predicted molar refractivity (Wildman–Crippen MR) is 94.1 cm³/mol. The van der Waals surface area contributed by atoms with Gasteiger partial charge in [-0.2, -0.15) is 4.98 Å². The van der Waals surface area contributed by atoms with Gasteiger partial charge in [0, 0.05) is 6.54 Å². The Morgan fingerprint density at radius 1 is 1.38 bits per heavy atom. The van der Waals surface area contributed by atoms with E-state index in [4.69, 9.17) is 15.6 Å². The number of nitrogens with one attached hydrogen (secondary N) is 2. The number of ether oxygens (including phenoxy) is 1. The molecule has 4 rings (SSSR count). The van der Waals surface area contributed by atoms with Gasteiger partial charge >= 0.3 is 5.69 Å². The van der Waals surface area contributed by atoms with Crippen LogP contribution in [0.2, 0.25) is 0 Å². The maximum atomic E-state index is 14.0. The van der Waals surface area contributed by atoms with Gasteiger partial charge in [-0.1, -0.05) is 6.08 Å². The van der Waals surface area contributed by atoms with Gasteiger partial charge in [0.1, 0.15) is 12.2 Å². The monoisotopic (exact) mass is 409 g/mol. The molecule has 1 aliphatic heterocycles. The third-order valence-electron chi connectivity index (χ3n) is 4.51. The number of imidazole rings is 1. The molecule has 4 atom stereocenters. The molecule has 1 aliphatic rings. The van der Waals surface area contributed by atoms with E-state index in [1.165, 1.54) is 6.08 Å². The summed E-state index contributed by atoms with van der Waals surface area (Å²) in [6, 6.07) is 0. The van der Waals surface area contributed by atoms with Crippen LogP contribution in [0.25, 0.3) is 17.2 Å².